The van der Waals surface area contributed by atoms with Gasteiger partial charge >= 0.3 is 0 Å². The van der Waals surface area contributed by atoms with Crippen LogP contribution in [0.25, 0.3) is 0 Å². The van der Waals surface area contributed by atoms with Crippen LogP contribution in [-0.4, -0.2) is 19.4 Å². The quantitative estimate of drug-likeness (QED) is 0.478. The van der Waals surface area contributed by atoms with Gasteiger partial charge in [0.1, 0.15) is 11.5 Å². The molecule has 122 valence electrons. The third-order valence-electron chi connectivity index (χ3n) is 2.87. The zero-order valence-corrected chi connectivity index (χ0v) is 16.3. The summed E-state index contributed by atoms with van der Waals surface area (Å²) in [4.78, 5) is 0. The SMILES string of the molecule is COc1ccc(N/N=C/c2cc(Br)c(OC(C)C)c(Br)c2)cc1. The Morgan fingerprint density at radius 3 is 2.22 bits per heavy atom. The molecule has 0 radical (unpaired) electrons. The first kappa shape index (κ1) is 17.8. The van der Waals surface area contributed by atoms with Crippen molar-refractivity contribution >= 4 is 43.8 Å². The van der Waals surface area contributed by atoms with Crippen LogP contribution in [-0.2, 0) is 0 Å². The number of anilines is 1. The lowest BCUT2D eigenvalue weighted by molar-refractivity contribution is 0.239. The molecule has 0 fully saturated rings. The molecule has 0 heterocycles. The number of benzene rings is 2. The molecule has 6 heteroatoms. The molecule has 0 aliphatic carbocycles. The van der Waals surface area contributed by atoms with Gasteiger partial charge in [-0.25, -0.2) is 0 Å². The summed E-state index contributed by atoms with van der Waals surface area (Å²) >= 11 is 7.06. The molecule has 23 heavy (non-hydrogen) atoms. The lowest BCUT2D eigenvalue weighted by Gasteiger charge is -2.13. The number of methoxy groups -OCH3 is 1. The van der Waals surface area contributed by atoms with E-state index in [9.17, 15) is 0 Å². The minimum Gasteiger partial charge on any atom is -0.497 e. The number of nitrogens with one attached hydrogen (secondary N) is 1. The predicted molar refractivity (Wildman–Crippen MR) is 102 cm³/mol. The van der Waals surface area contributed by atoms with E-state index in [1.54, 1.807) is 13.3 Å². The maximum Gasteiger partial charge on any atom is 0.148 e. The Labute approximate surface area is 153 Å². The normalized spacial score (nSPS) is 11.0. The van der Waals surface area contributed by atoms with Crippen LogP contribution in [0.4, 0.5) is 5.69 Å². The van der Waals surface area contributed by atoms with Gasteiger partial charge in [-0.15, -0.1) is 0 Å². The number of rotatable bonds is 6. The molecule has 0 aliphatic heterocycles. The fourth-order valence-electron chi connectivity index (χ4n) is 1.85. The van der Waals surface area contributed by atoms with Gasteiger partial charge in [0.05, 0.1) is 34.1 Å². The Kier molecular flexibility index (Phi) is 6.47. The molecular formula is C17H18Br2N2O2. The van der Waals surface area contributed by atoms with Crippen molar-refractivity contribution in [2.24, 2.45) is 5.10 Å². The number of hydrogen-bond acceptors (Lipinski definition) is 4. The molecule has 0 bridgehead atoms. The fourth-order valence-corrected chi connectivity index (χ4v) is 3.26. The first-order valence-electron chi connectivity index (χ1n) is 7.08. The van der Waals surface area contributed by atoms with Crippen LogP contribution in [0.3, 0.4) is 0 Å². The van der Waals surface area contributed by atoms with Gasteiger partial charge in [-0.3, -0.25) is 5.43 Å². The summed E-state index contributed by atoms with van der Waals surface area (Å²) in [5.41, 5.74) is 4.82. The summed E-state index contributed by atoms with van der Waals surface area (Å²) in [5.74, 6) is 1.60. The minimum absolute atomic E-state index is 0.110. The molecular weight excluding hydrogens is 424 g/mol. The highest BCUT2D eigenvalue weighted by atomic mass is 79.9. The average Bonchev–Trinajstić information content (AvgIpc) is 2.51. The number of hydrazone groups is 1. The van der Waals surface area contributed by atoms with Crippen molar-refractivity contribution in [2.75, 3.05) is 12.5 Å². The van der Waals surface area contributed by atoms with E-state index < -0.39 is 0 Å². The van der Waals surface area contributed by atoms with E-state index >= 15 is 0 Å². The first-order chi connectivity index (χ1) is 11.0. The smallest absolute Gasteiger partial charge is 0.148 e. The van der Waals surface area contributed by atoms with Crippen molar-refractivity contribution in [1.29, 1.82) is 0 Å². The Hall–Kier alpha value is -1.53. The van der Waals surface area contributed by atoms with Crippen LogP contribution in [0.15, 0.2) is 50.4 Å². The van der Waals surface area contributed by atoms with Crippen molar-refractivity contribution in [1.82, 2.24) is 0 Å². The van der Waals surface area contributed by atoms with Crippen LogP contribution in [0, 0.1) is 0 Å². The molecule has 0 aliphatic rings. The van der Waals surface area contributed by atoms with E-state index in [2.05, 4.69) is 42.4 Å². The molecule has 0 unspecified atom stereocenters. The lowest BCUT2D eigenvalue weighted by Crippen LogP contribution is -2.06. The fraction of sp³-hybridized carbons (Fsp3) is 0.235. The molecule has 0 atom stereocenters. The van der Waals surface area contributed by atoms with E-state index in [1.165, 1.54) is 0 Å². The highest BCUT2D eigenvalue weighted by molar-refractivity contribution is 9.11. The topological polar surface area (TPSA) is 42.8 Å². The van der Waals surface area contributed by atoms with E-state index in [4.69, 9.17) is 9.47 Å². The van der Waals surface area contributed by atoms with E-state index in [1.807, 2.05) is 50.2 Å². The minimum atomic E-state index is 0.110. The van der Waals surface area contributed by atoms with Gasteiger partial charge < -0.3 is 9.47 Å². The molecule has 0 spiro atoms. The standard InChI is InChI=1S/C17H18Br2N2O2/c1-11(2)23-17-15(18)8-12(9-16(17)19)10-20-21-13-4-6-14(22-3)7-5-13/h4-11,21H,1-3H3/b20-10+. The molecule has 0 saturated carbocycles. The van der Waals surface area contributed by atoms with Gasteiger partial charge in [-0.05, 0) is 87.7 Å². The first-order valence-corrected chi connectivity index (χ1v) is 8.67. The number of ether oxygens (including phenoxy) is 2. The van der Waals surface area contributed by atoms with Crippen LogP contribution in [0.5, 0.6) is 11.5 Å². The van der Waals surface area contributed by atoms with Crippen molar-refractivity contribution in [3.8, 4) is 11.5 Å². The molecule has 2 rings (SSSR count). The maximum absolute atomic E-state index is 5.76. The van der Waals surface area contributed by atoms with Crippen molar-refractivity contribution in [3.63, 3.8) is 0 Å². The highest BCUT2D eigenvalue weighted by Gasteiger charge is 2.09. The summed E-state index contributed by atoms with van der Waals surface area (Å²) < 4.78 is 12.6. The van der Waals surface area contributed by atoms with Gasteiger partial charge in [0.25, 0.3) is 0 Å². The molecule has 0 amide bonds. The highest BCUT2D eigenvalue weighted by Crippen LogP contribution is 2.35. The molecule has 2 aromatic carbocycles. The second kappa shape index (κ2) is 8.36. The largest absolute Gasteiger partial charge is 0.497 e. The summed E-state index contributed by atoms with van der Waals surface area (Å²) in [6.07, 6.45) is 1.86. The molecule has 1 N–H and O–H groups in total. The van der Waals surface area contributed by atoms with E-state index in [0.29, 0.717) is 0 Å². The average molecular weight is 442 g/mol. The Morgan fingerprint density at radius 1 is 1.09 bits per heavy atom. The summed E-state index contributed by atoms with van der Waals surface area (Å²) in [7, 11) is 1.64. The van der Waals surface area contributed by atoms with Gasteiger partial charge in [-0.1, -0.05) is 0 Å². The van der Waals surface area contributed by atoms with Crippen LogP contribution in [0.1, 0.15) is 19.4 Å². The monoisotopic (exact) mass is 440 g/mol. The second-order valence-electron chi connectivity index (χ2n) is 5.08. The molecule has 0 saturated heterocycles. The van der Waals surface area contributed by atoms with Crippen LogP contribution < -0.4 is 14.9 Å². The maximum atomic E-state index is 5.76. The third-order valence-corrected chi connectivity index (χ3v) is 4.05. The zero-order valence-electron chi connectivity index (χ0n) is 13.1. The Balaban J connectivity index is 2.07. The van der Waals surface area contributed by atoms with Crippen LogP contribution >= 0.6 is 31.9 Å². The lowest BCUT2D eigenvalue weighted by atomic mass is 10.2. The Bertz CT molecular complexity index is 662. The van der Waals surface area contributed by atoms with Crippen molar-refractivity contribution < 1.29 is 9.47 Å². The number of halogens is 2. The van der Waals surface area contributed by atoms with Gasteiger partial charge in [0.15, 0.2) is 0 Å². The second-order valence-corrected chi connectivity index (χ2v) is 6.79. The number of nitrogens with zero attached hydrogens (tertiary/aromatic N) is 1. The predicted octanol–water partition coefficient (Wildman–Crippen LogP) is 5.45. The third kappa shape index (κ3) is 5.25. The molecule has 2 aromatic rings. The van der Waals surface area contributed by atoms with Crippen molar-refractivity contribution in [3.05, 3.63) is 50.9 Å². The van der Waals surface area contributed by atoms with Gasteiger partial charge in [-0.2, -0.15) is 5.10 Å². The van der Waals surface area contributed by atoms with Crippen LogP contribution in [0.2, 0.25) is 0 Å². The summed E-state index contributed by atoms with van der Waals surface area (Å²) in [6.45, 7) is 3.99. The van der Waals surface area contributed by atoms with E-state index in [0.717, 1.165) is 31.7 Å². The number of hydrogen-bond donors (Lipinski definition) is 1. The van der Waals surface area contributed by atoms with Crippen molar-refractivity contribution in [2.45, 2.75) is 20.0 Å². The van der Waals surface area contributed by atoms with Gasteiger partial charge in [0.2, 0.25) is 0 Å². The summed E-state index contributed by atoms with van der Waals surface area (Å²) in [6, 6.07) is 11.5. The van der Waals surface area contributed by atoms with E-state index in [-0.39, 0.29) is 6.10 Å². The molecule has 4 nitrogen and oxygen atoms in total. The Morgan fingerprint density at radius 2 is 1.70 bits per heavy atom. The zero-order chi connectivity index (χ0) is 16.8. The van der Waals surface area contributed by atoms with Gasteiger partial charge in [0, 0.05) is 0 Å². The summed E-state index contributed by atoms with van der Waals surface area (Å²) in [5, 5.41) is 4.24. The molecule has 0 aromatic heterocycles.